The summed E-state index contributed by atoms with van der Waals surface area (Å²) in [5.74, 6) is 0.167. The second-order valence-corrected chi connectivity index (χ2v) is 6.98. The molecule has 0 radical (unpaired) electrons. The Balaban J connectivity index is 1.71. The number of fused-ring (bicyclic) bond motifs is 1. The Morgan fingerprint density at radius 3 is 2.88 bits per heavy atom. The van der Waals surface area contributed by atoms with E-state index in [4.69, 9.17) is 9.15 Å². The van der Waals surface area contributed by atoms with E-state index in [2.05, 4.69) is 15.5 Å². The molecule has 0 saturated carbocycles. The summed E-state index contributed by atoms with van der Waals surface area (Å²) in [6.07, 6.45) is 1.45. The summed E-state index contributed by atoms with van der Waals surface area (Å²) in [6, 6.07) is 6.75. The first-order valence-corrected chi connectivity index (χ1v) is 9.16. The lowest BCUT2D eigenvalue weighted by Crippen LogP contribution is -2.29. The SMILES string of the molecule is CCCOc1ccc2cc(C(=O)NCCc3nnc(C)s3)c(=O)oc2c1. The highest BCUT2D eigenvalue weighted by Gasteiger charge is 2.14. The summed E-state index contributed by atoms with van der Waals surface area (Å²) in [5, 5.41) is 13.0. The Morgan fingerprint density at radius 1 is 1.31 bits per heavy atom. The highest BCUT2D eigenvalue weighted by molar-refractivity contribution is 7.11. The van der Waals surface area contributed by atoms with Crippen LogP contribution in [0, 0.1) is 6.92 Å². The minimum absolute atomic E-state index is 0.0202. The van der Waals surface area contributed by atoms with Crippen molar-refractivity contribution in [2.75, 3.05) is 13.2 Å². The quantitative estimate of drug-likeness (QED) is 0.640. The van der Waals surface area contributed by atoms with E-state index in [-0.39, 0.29) is 5.56 Å². The molecule has 0 aliphatic rings. The van der Waals surface area contributed by atoms with Crippen molar-refractivity contribution in [1.29, 1.82) is 0 Å². The lowest BCUT2D eigenvalue weighted by atomic mass is 10.1. The van der Waals surface area contributed by atoms with E-state index in [1.54, 1.807) is 18.2 Å². The molecule has 3 aromatic rings. The van der Waals surface area contributed by atoms with E-state index in [0.717, 1.165) is 16.4 Å². The highest BCUT2D eigenvalue weighted by atomic mass is 32.1. The molecule has 136 valence electrons. The van der Waals surface area contributed by atoms with Gasteiger partial charge in [-0.05, 0) is 31.5 Å². The molecule has 8 heteroatoms. The summed E-state index contributed by atoms with van der Waals surface area (Å²) in [7, 11) is 0. The molecule has 0 bridgehead atoms. The van der Waals surface area contributed by atoms with Gasteiger partial charge in [0.1, 0.15) is 26.9 Å². The van der Waals surface area contributed by atoms with Gasteiger partial charge in [0, 0.05) is 24.4 Å². The molecule has 0 saturated heterocycles. The van der Waals surface area contributed by atoms with E-state index in [9.17, 15) is 9.59 Å². The van der Waals surface area contributed by atoms with E-state index < -0.39 is 11.5 Å². The largest absolute Gasteiger partial charge is 0.493 e. The van der Waals surface area contributed by atoms with Crippen LogP contribution in [0.15, 0.2) is 33.5 Å². The molecule has 2 heterocycles. The topological polar surface area (TPSA) is 94.3 Å². The van der Waals surface area contributed by atoms with Crippen molar-refractivity contribution in [3.63, 3.8) is 0 Å². The van der Waals surface area contributed by atoms with Crippen LogP contribution in [0.4, 0.5) is 0 Å². The number of carbonyl (C=O) groups excluding carboxylic acids is 1. The fraction of sp³-hybridized carbons (Fsp3) is 0.333. The normalized spacial score (nSPS) is 10.8. The molecule has 3 rings (SSSR count). The van der Waals surface area contributed by atoms with Crippen molar-refractivity contribution in [2.45, 2.75) is 26.7 Å². The first kappa shape index (κ1) is 18.1. The first-order valence-electron chi connectivity index (χ1n) is 8.34. The standard InChI is InChI=1S/C18H19N3O4S/c1-3-8-24-13-5-4-12-9-14(18(23)25-15(12)10-13)17(22)19-7-6-16-21-20-11(2)26-16/h4-5,9-10H,3,6-8H2,1-2H3,(H,19,22). The molecule has 0 aliphatic heterocycles. The van der Waals surface area contributed by atoms with Crippen LogP contribution in [0.1, 0.15) is 33.7 Å². The van der Waals surface area contributed by atoms with Gasteiger partial charge in [-0.25, -0.2) is 4.79 Å². The molecule has 1 amide bonds. The monoisotopic (exact) mass is 373 g/mol. The summed E-state index contributed by atoms with van der Waals surface area (Å²) >= 11 is 1.48. The molecule has 0 spiro atoms. The smallest absolute Gasteiger partial charge is 0.349 e. The maximum absolute atomic E-state index is 12.3. The van der Waals surface area contributed by atoms with Crippen molar-refractivity contribution < 1.29 is 13.9 Å². The van der Waals surface area contributed by atoms with Crippen LogP contribution in [0.2, 0.25) is 0 Å². The van der Waals surface area contributed by atoms with E-state index in [1.807, 2.05) is 13.8 Å². The third-order valence-corrected chi connectivity index (χ3v) is 4.52. The second kappa shape index (κ2) is 8.09. The number of nitrogens with zero attached hydrogens (tertiary/aromatic N) is 2. The van der Waals surface area contributed by atoms with Crippen molar-refractivity contribution in [2.24, 2.45) is 0 Å². The van der Waals surface area contributed by atoms with Crippen molar-refractivity contribution in [3.8, 4) is 5.75 Å². The minimum atomic E-state index is -0.672. The number of benzene rings is 1. The van der Waals surface area contributed by atoms with Gasteiger partial charge in [-0.3, -0.25) is 4.79 Å². The van der Waals surface area contributed by atoms with Crippen molar-refractivity contribution in [3.05, 3.63) is 50.3 Å². The molecule has 0 atom stereocenters. The number of nitrogens with one attached hydrogen (secondary N) is 1. The second-order valence-electron chi connectivity index (χ2n) is 5.72. The Hall–Kier alpha value is -2.74. The zero-order valence-electron chi connectivity index (χ0n) is 14.6. The van der Waals surface area contributed by atoms with Gasteiger partial charge >= 0.3 is 5.63 Å². The Labute approximate surface area is 154 Å². The van der Waals surface area contributed by atoms with Gasteiger partial charge in [0.15, 0.2) is 0 Å². The van der Waals surface area contributed by atoms with Gasteiger partial charge in [0.25, 0.3) is 5.91 Å². The third-order valence-electron chi connectivity index (χ3n) is 3.62. The van der Waals surface area contributed by atoms with Gasteiger partial charge in [-0.15, -0.1) is 21.5 Å². The maximum Gasteiger partial charge on any atom is 0.349 e. The molecule has 1 aromatic carbocycles. The predicted octanol–water partition coefficient (Wildman–Crippen LogP) is 2.71. The van der Waals surface area contributed by atoms with Crippen molar-refractivity contribution in [1.82, 2.24) is 15.5 Å². The lowest BCUT2D eigenvalue weighted by molar-refractivity contribution is 0.0950. The van der Waals surface area contributed by atoms with Crippen LogP contribution >= 0.6 is 11.3 Å². The Bertz CT molecular complexity index is 980. The van der Waals surface area contributed by atoms with Crippen LogP contribution in [0.3, 0.4) is 0 Å². The highest BCUT2D eigenvalue weighted by Crippen LogP contribution is 2.20. The number of amides is 1. The molecule has 7 nitrogen and oxygen atoms in total. The minimum Gasteiger partial charge on any atom is -0.493 e. The zero-order valence-corrected chi connectivity index (χ0v) is 15.4. The number of aromatic nitrogens is 2. The zero-order chi connectivity index (χ0) is 18.5. The Kier molecular flexibility index (Phi) is 5.62. The van der Waals surface area contributed by atoms with Crippen molar-refractivity contribution >= 4 is 28.2 Å². The van der Waals surface area contributed by atoms with Gasteiger partial charge in [-0.1, -0.05) is 6.92 Å². The number of carbonyl (C=O) groups is 1. The van der Waals surface area contributed by atoms with Gasteiger partial charge in [0.2, 0.25) is 0 Å². The average Bonchev–Trinajstić information content (AvgIpc) is 3.04. The molecular weight excluding hydrogens is 354 g/mol. The third kappa shape index (κ3) is 4.26. The van der Waals surface area contributed by atoms with E-state index in [1.165, 1.54) is 17.4 Å². The fourth-order valence-electron chi connectivity index (χ4n) is 2.38. The predicted molar refractivity (Wildman–Crippen MR) is 99.0 cm³/mol. The lowest BCUT2D eigenvalue weighted by Gasteiger charge is -2.07. The van der Waals surface area contributed by atoms with Gasteiger partial charge < -0.3 is 14.5 Å². The molecular formula is C18H19N3O4S. The van der Waals surface area contributed by atoms with Crippen LogP contribution in [0.25, 0.3) is 11.0 Å². The molecule has 0 aliphatic carbocycles. The molecule has 0 unspecified atom stereocenters. The number of rotatable bonds is 7. The van der Waals surface area contributed by atoms with E-state index >= 15 is 0 Å². The number of hydrogen-bond acceptors (Lipinski definition) is 7. The van der Waals surface area contributed by atoms with Crippen LogP contribution in [0.5, 0.6) is 5.75 Å². The molecule has 2 aromatic heterocycles. The number of hydrogen-bond donors (Lipinski definition) is 1. The summed E-state index contributed by atoms with van der Waals surface area (Å²) < 4.78 is 10.8. The average molecular weight is 373 g/mol. The van der Waals surface area contributed by atoms with Crippen LogP contribution in [-0.2, 0) is 6.42 Å². The molecule has 1 N–H and O–H groups in total. The maximum atomic E-state index is 12.3. The molecule has 26 heavy (non-hydrogen) atoms. The van der Waals surface area contributed by atoms with E-state index in [0.29, 0.717) is 36.3 Å². The number of aryl methyl sites for hydroxylation is 1. The summed E-state index contributed by atoms with van der Waals surface area (Å²) in [4.78, 5) is 24.4. The van der Waals surface area contributed by atoms with Crippen LogP contribution in [-0.4, -0.2) is 29.3 Å². The number of ether oxygens (including phenoxy) is 1. The fourth-order valence-corrected chi connectivity index (χ4v) is 3.08. The Morgan fingerprint density at radius 2 is 2.15 bits per heavy atom. The van der Waals surface area contributed by atoms with Gasteiger partial charge in [0.05, 0.1) is 6.61 Å². The first-order chi connectivity index (χ1) is 12.6. The molecule has 0 fully saturated rings. The van der Waals surface area contributed by atoms with Gasteiger partial charge in [-0.2, -0.15) is 0 Å². The summed E-state index contributed by atoms with van der Waals surface area (Å²) in [5.41, 5.74) is -0.299. The summed E-state index contributed by atoms with van der Waals surface area (Å²) in [6.45, 7) is 4.84. The van der Waals surface area contributed by atoms with Crippen LogP contribution < -0.4 is 15.7 Å².